The first kappa shape index (κ1) is 17.0. The third-order valence-electron chi connectivity index (χ3n) is 2.83. The van der Waals surface area contributed by atoms with E-state index in [1.165, 1.54) is 22.7 Å². The van der Waals surface area contributed by atoms with Gasteiger partial charge in [0.15, 0.2) is 0 Å². The van der Waals surface area contributed by atoms with Crippen LogP contribution >= 0.6 is 0 Å². The van der Waals surface area contributed by atoms with Crippen LogP contribution in [0.15, 0.2) is 18.2 Å². The van der Waals surface area contributed by atoms with Gasteiger partial charge in [0, 0.05) is 25.7 Å². The molecule has 0 aromatic heterocycles. The molecule has 1 rings (SSSR count). The minimum Gasteiger partial charge on any atom is -0.313 e. The largest absolute Gasteiger partial charge is 0.313 e. The Labute approximate surface area is 118 Å². The van der Waals surface area contributed by atoms with Gasteiger partial charge in [-0.05, 0) is 30.7 Å². The van der Waals surface area contributed by atoms with E-state index in [2.05, 4.69) is 5.32 Å². The van der Waals surface area contributed by atoms with Crippen molar-refractivity contribution in [1.29, 1.82) is 0 Å². The highest BCUT2D eigenvalue weighted by Gasteiger charge is 2.12. The van der Waals surface area contributed by atoms with Crippen LogP contribution in [0.5, 0.6) is 0 Å². The SMILES string of the molecule is CCN(CCCNCc1cc(F)cc(F)c1)S(C)(=O)=O. The fourth-order valence-electron chi connectivity index (χ4n) is 1.88. The van der Waals surface area contributed by atoms with Crippen molar-refractivity contribution in [3.05, 3.63) is 35.4 Å². The molecule has 0 saturated heterocycles. The molecule has 0 aliphatic carbocycles. The summed E-state index contributed by atoms with van der Waals surface area (Å²) < 4.78 is 50.0. The van der Waals surface area contributed by atoms with Crippen molar-refractivity contribution in [2.24, 2.45) is 0 Å². The molecular weight excluding hydrogens is 286 g/mol. The van der Waals surface area contributed by atoms with E-state index < -0.39 is 21.7 Å². The van der Waals surface area contributed by atoms with Gasteiger partial charge in [-0.25, -0.2) is 21.5 Å². The van der Waals surface area contributed by atoms with Crippen LogP contribution < -0.4 is 5.32 Å². The molecule has 0 atom stereocenters. The summed E-state index contributed by atoms with van der Waals surface area (Å²) in [5, 5.41) is 3.03. The Morgan fingerprint density at radius 1 is 1.20 bits per heavy atom. The summed E-state index contributed by atoms with van der Waals surface area (Å²) >= 11 is 0. The Bertz CT molecular complexity index is 515. The lowest BCUT2D eigenvalue weighted by Gasteiger charge is -2.17. The van der Waals surface area contributed by atoms with E-state index in [1.807, 2.05) is 0 Å². The quantitative estimate of drug-likeness (QED) is 0.744. The average molecular weight is 306 g/mol. The van der Waals surface area contributed by atoms with Gasteiger partial charge < -0.3 is 5.32 Å². The second-order valence-electron chi connectivity index (χ2n) is 4.56. The van der Waals surface area contributed by atoms with Crippen molar-refractivity contribution in [1.82, 2.24) is 9.62 Å². The lowest BCUT2D eigenvalue weighted by atomic mass is 10.2. The normalized spacial score (nSPS) is 12.1. The summed E-state index contributed by atoms with van der Waals surface area (Å²) in [5.74, 6) is -1.20. The van der Waals surface area contributed by atoms with Crippen LogP contribution in [-0.2, 0) is 16.6 Å². The molecule has 114 valence electrons. The highest BCUT2D eigenvalue weighted by molar-refractivity contribution is 7.88. The number of rotatable bonds is 8. The first-order valence-corrected chi connectivity index (χ1v) is 8.28. The summed E-state index contributed by atoms with van der Waals surface area (Å²) in [6, 6.07) is 3.37. The van der Waals surface area contributed by atoms with Crippen LogP contribution in [-0.4, -0.2) is 38.6 Å². The predicted octanol–water partition coefficient (Wildman–Crippen LogP) is 1.73. The van der Waals surface area contributed by atoms with Gasteiger partial charge in [0.1, 0.15) is 11.6 Å². The maximum Gasteiger partial charge on any atom is 0.211 e. The zero-order chi connectivity index (χ0) is 15.2. The van der Waals surface area contributed by atoms with E-state index in [4.69, 9.17) is 0 Å². The first-order chi connectivity index (χ1) is 9.32. The molecule has 4 nitrogen and oxygen atoms in total. The van der Waals surface area contributed by atoms with E-state index >= 15 is 0 Å². The highest BCUT2D eigenvalue weighted by atomic mass is 32.2. The molecule has 0 saturated carbocycles. The molecule has 7 heteroatoms. The topological polar surface area (TPSA) is 49.4 Å². The van der Waals surface area contributed by atoms with Crippen LogP contribution in [0.1, 0.15) is 18.9 Å². The second-order valence-corrected chi connectivity index (χ2v) is 6.55. The van der Waals surface area contributed by atoms with Gasteiger partial charge in [-0.15, -0.1) is 0 Å². The van der Waals surface area contributed by atoms with Gasteiger partial charge in [-0.2, -0.15) is 0 Å². The monoisotopic (exact) mass is 306 g/mol. The minimum absolute atomic E-state index is 0.347. The van der Waals surface area contributed by atoms with Crippen molar-refractivity contribution in [2.45, 2.75) is 19.9 Å². The third kappa shape index (κ3) is 5.94. The molecule has 20 heavy (non-hydrogen) atoms. The molecule has 0 amide bonds. The molecule has 0 unspecified atom stereocenters. The molecule has 0 fully saturated rings. The van der Waals surface area contributed by atoms with Crippen molar-refractivity contribution in [3.63, 3.8) is 0 Å². The van der Waals surface area contributed by atoms with Gasteiger partial charge in [-0.3, -0.25) is 0 Å². The van der Waals surface area contributed by atoms with Gasteiger partial charge in [-0.1, -0.05) is 6.92 Å². The number of sulfonamides is 1. The zero-order valence-corrected chi connectivity index (χ0v) is 12.5. The van der Waals surface area contributed by atoms with Gasteiger partial charge in [0.25, 0.3) is 0 Å². The summed E-state index contributed by atoms with van der Waals surface area (Å²) in [6.45, 7) is 3.57. The maximum absolute atomic E-state index is 12.9. The van der Waals surface area contributed by atoms with E-state index in [1.54, 1.807) is 6.92 Å². The molecule has 0 spiro atoms. The fourth-order valence-corrected chi connectivity index (χ4v) is 2.81. The number of hydrogen-bond acceptors (Lipinski definition) is 3. The Hall–Kier alpha value is -1.05. The van der Waals surface area contributed by atoms with Crippen molar-refractivity contribution in [3.8, 4) is 0 Å². The molecule has 1 aromatic carbocycles. The molecule has 0 heterocycles. The average Bonchev–Trinajstić information content (AvgIpc) is 2.30. The Kier molecular flexibility index (Phi) is 6.51. The van der Waals surface area contributed by atoms with Crippen LogP contribution in [0.4, 0.5) is 8.78 Å². The van der Waals surface area contributed by atoms with Gasteiger partial charge in [0.05, 0.1) is 6.26 Å². The maximum atomic E-state index is 12.9. The van der Waals surface area contributed by atoms with Crippen molar-refractivity contribution >= 4 is 10.0 Å². The molecule has 1 N–H and O–H groups in total. The number of benzene rings is 1. The van der Waals surface area contributed by atoms with E-state index in [9.17, 15) is 17.2 Å². The lowest BCUT2D eigenvalue weighted by molar-refractivity contribution is 0.419. The van der Waals surface area contributed by atoms with Gasteiger partial charge in [0.2, 0.25) is 10.0 Å². The number of halogens is 2. The van der Waals surface area contributed by atoms with Crippen LogP contribution in [0.2, 0.25) is 0 Å². The number of hydrogen-bond donors (Lipinski definition) is 1. The van der Waals surface area contributed by atoms with Crippen LogP contribution in [0.3, 0.4) is 0 Å². The molecule has 0 aliphatic heterocycles. The van der Waals surface area contributed by atoms with Crippen molar-refractivity contribution < 1.29 is 17.2 Å². The van der Waals surface area contributed by atoms with Crippen LogP contribution in [0, 0.1) is 11.6 Å². The van der Waals surface area contributed by atoms with E-state index in [0.717, 1.165) is 6.07 Å². The molecule has 0 aliphatic rings. The van der Waals surface area contributed by atoms with E-state index in [0.29, 0.717) is 38.2 Å². The zero-order valence-electron chi connectivity index (χ0n) is 11.7. The Morgan fingerprint density at radius 3 is 2.30 bits per heavy atom. The minimum atomic E-state index is -3.16. The lowest BCUT2D eigenvalue weighted by Crippen LogP contribution is -2.32. The first-order valence-electron chi connectivity index (χ1n) is 6.43. The molecule has 0 bridgehead atoms. The Morgan fingerprint density at radius 2 is 1.80 bits per heavy atom. The van der Waals surface area contributed by atoms with Crippen molar-refractivity contribution in [2.75, 3.05) is 25.9 Å². The fraction of sp³-hybridized carbons (Fsp3) is 0.538. The van der Waals surface area contributed by atoms with E-state index in [-0.39, 0.29) is 0 Å². The van der Waals surface area contributed by atoms with Crippen LogP contribution in [0.25, 0.3) is 0 Å². The highest BCUT2D eigenvalue weighted by Crippen LogP contribution is 2.07. The number of nitrogens with zero attached hydrogens (tertiary/aromatic N) is 1. The summed E-state index contributed by atoms with van der Waals surface area (Å²) in [4.78, 5) is 0. The standard InChI is InChI=1S/C13H20F2N2O2S/c1-3-17(20(2,18)19)6-4-5-16-10-11-7-12(14)9-13(15)8-11/h7-9,16H,3-6,10H2,1-2H3. The summed E-state index contributed by atoms with van der Waals surface area (Å²) in [6.07, 6.45) is 1.82. The summed E-state index contributed by atoms with van der Waals surface area (Å²) in [5.41, 5.74) is 0.526. The molecule has 0 radical (unpaired) electrons. The smallest absolute Gasteiger partial charge is 0.211 e. The summed E-state index contributed by atoms with van der Waals surface area (Å²) in [7, 11) is -3.16. The number of nitrogens with one attached hydrogen (secondary N) is 1. The molecular formula is C13H20F2N2O2S. The second kappa shape index (κ2) is 7.66. The predicted molar refractivity (Wildman–Crippen MR) is 74.8 cm³/mol. The third-order valence-corrected chi connectivity index (χ3v) is 4.21. The molecule has 1 aromatic rings. The Balaban J connectivity index is 2.32. The van der Waals surface area contributed by atoms with Gasteiger partial charge >= 0.3 is 0 Å².